The van der Waals surface area contributed by atoms with Crippen LogP contribution in [-0.2, 0) is 0 Å². The molecule has 0 bridgehead atoms. The Hall–Kier alpha value is -1.42. The number of benzene rings is 1. The molecule has 0 saturated heterocycles. The maximum absolute atomic E-state index is 5.16. The van der Waals surface area contributed by atoms with Gasteiger partial charge in [-0.2, -0.15) is 0 Å². The van der Waals surface area contributed by atoms with E-state index in [1.165, 1.54) is 5.56 Å². The summed E-state index contributed by atoms with van der Waals surface area (Å²) in [6.45, 7) is 4.95. The van der Waals surface area contributed by atoms with Gasteiger partial charge in [-0.3, -0.25) is 0 Å². The summed E-state index contributed by atoms with van der Waals surface area (Å²) < 4.78 is 0. The molecule has 1 rings (SSSR count). The highest BCUT2D eigenvalue weighted by Crippen LogP contribution is 2.17. The lowest BCUT2D eigenvalue weighted by molar-refractivity contribution is 0.867. The molecule has 0 aliphatic heterocycles. The number of anilines is 1. The van der Waals surface area contributed by atoms with Gasteiger partial charge in [0.15, 0.2) is 0 Å². The Balaban J connectivity index is 2.75. The Labute approximate surface area is 80.2 Å². The highest BCUT2D eigenvalue weighted by Gasteiger charge is 1.98. The fraction of sp³-hybridized carbons (Fsp3) is 0.333. The molecule has 0 spiro atoms. The third-order valence-corrected chi connectivity index (χ3v) is 1.95. The van der Waals surface area contributed by atoms with Crippen molar-refractivity contribution in [3.05, 3.63) is 29.8 Å². The Morgan fingerprint density at radius 3 is 2.85 bits per heavy atom. The van der Waals surface area contributed by atoms with Crippen molar-refractivity contribution in [3.63, 3.8) is 0 Å². The Morgan fingerprint density at radius 1 is 1.46 bits per heavy atom. The standard InChI is InChI=1S/C12H15N/c1-4-8-13-12-7-5-6-11(9-12)10(2)3/h1,5-7,9-10,13H,8H2,2-3H3. The van der Waals surface area contributed by atoms with Gasteiger partial charge in [-0.25, -0.2) is 0 Å². The molecule has 0 aromatic heterocycles. The molecule has 1 aromatic carbocycles. The van der Waals surface area contributed by atoms with Crippen LogP contribution >= 0.6 is 0 Å². The van der Waals surface area contributed by atoms with E-state index in [9.17, 15) is 0 Å². The van der Waals surface area contributed by atoms with E-state index in [1.54, 1.807) is 0 Å². The Morgan fingerprint density at radius 2 is 2.23 bits per heavy atom. The molecule has 0 atom stereocenters. The number of hydrogen-bond donors (Lipinski definition) is 1. The highest BCUT2D eigenvalue weighted by molar-refractivity contribution is 5.47. The van der Waals surface area contributed by atoms with Crippen molar-refractivity contribution >= 4 is 5.69 Å². The lowest BCUT2D eigenvalue weighted by atomic mass is 10.0. The first kappa shape index (κ1) is 9.67. The van der Waals surface area contributed by atoms with Crippen LogP contribution in [0.5, 0.6) is 0 Å². The number of terminal acetylenes is 1. The summed E-state index contributed by atoms with van der Waals surface area (Å²) in [5.74, 6) is 3.12. The first-order valence-electron chi connectivity index (χ1n) is 4.51. The zero-order chi connectivity index (χ0) is 9.68. The van der Waals surface area contributed by atoms with E-state index in [1.807, 2.05) is 12.1 Å². The van der Waals surface area contributed by atoms with Crippen LogP contribution in [0.4, 0.5) is 5.69 Å². The fourth-order valence-corrected chi connectivity index (χ4v) is 1.16. The van der Waals surface area contributed by atoms with Crippen LogP contribution in [0.1, 0.15) is 25.3 Å². The third kappa shape index (κ3) is 2.83. The zero-order valence-electron chi connectivity index (χ0n) is 8.17. The van der Waals surface area contributed by atoms with Crippen molar-refractivity contribution in [1.82, 2.24) is 0 Å². The van der Waals surface area contributed by atoms with E-state index in [4.69, 9.17) is 6.42 Å². The molecule has 0 radical (unpaired) electrons. The predicted molar refractivity (Wildman–Crippen MR) is 57.9 cm³/mol. The molecule has 0 amide bonds. The summed E-state index contributed by atoms with van der Waals surface area (Å²) in [6, 6.07) is 8.35. The minimum atomic E-state index is 0.563. The van der Waals surface area contributed by atoms with Gasteiger partial charge in [0.2, 0.25) is 0 Å². The normalized spacial score (nSPS) is 9.69. The van der Waals surface area contributed by atoms with Crippen molar-refractivity contribution in [1.29, 1.82) is 0 Å². The largest absolute Gasteiger partial charge is 0.374 e. The monoisotopic (exact) mass is 173 g/mol. The van der Waals surface area contributed by atoms with Gasteiger partial charge >= 0.3 is 0 Å². The second-order valence-electron chi connectivity index (χ2n) is 3.34. The van der Waals surface area contributed by atoms with E-state index < -0.39 is 0 Å². The van der Waals surface area contributed by atoms with Crippen LogP contribution < -0.4 is 5.32 Å². The van der Waals surface area contributed by atoms with Crippen molar-refractivity contribution < 1.29 is 0 Å². The van der Waals surface area contributed by atoms with Crippen LogP contribution in [-0.4, -0.2) is 6.54 Å². The van der Waals surface area contributed by atoms with Gasteiger partial charge in [-0.1, -0.05) is 31.9 Å². The number of rotatable bonds is 3. The van der Waals surface area contributed by atoms with Gasteiger partial charge in [0, 0.05) is 5.69 Å². The van der Waals surface area contributed by atoms with E-state index in [-0.39, 0.29) is 0 Å². The minimum Gasteiger partial charge on any atom is -0.374 e. The molecule has 13 heavy (non-hydrogen) atoms. The van der Waals surface area contributed by atoms with Gasteiger partial charge < -0.3 is 5.32 Å². The van der Waals surface area contributed by atoms with E-state index >= 15 is 0 Å². The highest BCUT2D eigenvalue weighted by atomic mass is 14.8. The average Bonchev–Trinajstić information content (AvgIpc) is 2.15. The third-order valence-electron chi connectivity index (χ3n) is 1.95. The van der Waals surface area contributed by atoms with Crippen LogP contribution in [0.15, 0.2) is 24.3 Å². The summed E-state index contributed by atoms with van der Waals surface area (Å²) >= 11 is 0. The minimum absolute atomic E-state index is 0.563. The Kier molecular flexibility index (Phi) is 3.40. The molecule has 0 fully saturated rings. The summed E-state index contributed by atoms with van der Waals surface area (Å²) in [7, 11) is 0. The van der Waals surface area contributed by atoms with Crippen LogP contribution in [0.25, 0.3) is 0 Å². The van der Waals surface area contributed by atoms with Crippen molar-refractivity contribution in [2.75, 3.05) is 11.9 Å². The van der Waals surface area contributed by atoms with Crippen LogP contribution in [0, 0.1) is 12.3 Å². The summed E-state index contributed by atoms with van der Waals surface area (Å²) in [5.41, 5.74) is 2.44. The van der Waals surface area contributed by atoms with E-state index in [0.29, 0.717) is 12.5 Å². The molecule has 1 heteroatoms. The number of nitrogens with one attached hydrogen (secondary N) is 1. The van der Waals surface area contributed by atoms with Gasteiger partial charge in [0.1, 0.15) is 0 Å². The SMILES string of the molecule is C#CCNc1cccc(C(C)C)c1. The maximum atomic E-state index is 5.16. The maximum Gasteiger partial charge on any atom is 0.0763 e. The summed E-state index contributed by atoms with van der Waals surface area (Å²) in [4.78, 5) is 0. The van der Waals surface area contributed by atoms with Gasteiger partial charge in [0.25, 0.3) is 0 Å². The van der Waals surface area contributed by atoms with Crippen molar-refractivity contribution in [2.45, 2.75) is 19.8 Å². The predicted octanol–water partition coefficient (Wildman–Crippen LogP) is 2.86. The average molecular weight is 173 g/mol. The molecule has 1 nitrogen and oxygen atoms in total. The molecule has 68 valence electrons. The molecule has 0 aliphatic carbocycles. The first-order chi connectivity index (χ1) is 6.24. The van der Waals surface area contributed by atoms with Crippen LogP contribution in [0.3, 0.4) is 0 Å². The lowest BCUT2D eigenvalue weighted by Gasteiger charge is -2.08. The Bertz CT molecular complexity index is 307. The fourth-order valence-electron chi connectivity index (χ4n) is 1.16. The molecular weight excluding hydrogens is 158 g/mol. The second kappa shape index (κ2) is 4.57. The topological polar surface area (TPSA) is 12.0 Å². The van der Waals surface area contributed by atoms with Gasteiger partial charge in [-0.15, -0.1) is 6.42 Å². The second-order valence-corrected chi connectivity index (χ2v) is 3.34. The summed E-state index contributed by atoms with van der Waals surface area (Å²) in [5, 5.41) is 3.15. The molecule has 0 unspecified atom stereocenters. The van der Waals surface area contributed by atoms with Gasteiger partial charge in [-0.05, 0) is 23.6 Å². The molecule has 1 N–H and O–H groups in total. The molecule has 1 aromatic rings. The van der Waals surface area contributed by atoms with E-state index in [2.05, 4.69) is 37.2 Å². The van der Waals surface area contributed by atoms with Crippen molar-refractivity contribution in [3.8, 4) is 12.3 Å². The number of hydrogen-bond acceptors (Lipinski definition) is 1. The van der Waals surface area contributed by atoms with Gasteiger partial charge in [0.05, 0.1) is 6.54 Å². The van der Waals surface area contributed by atoms with E-state index in [0.717, 1.165) is 5.69 Å². The van der Waals surface area contributed by atoms with Crippen LogP contribution in [0.2, 0.25) is 0 Å². The summed E-state index contributed by atoms with van der Waals surface area (Å²) in [6.07, 6.45) is 5.16. The molecule has 0 aliphatic rings. The quantitative estimate of drug-likeness (QED) is 0.693. The first-order valence-corrected chi connectivity index (χ1v) is 4.51. The molecule has 0 heterocycles. The zero-order valence-corrected chi connectivity index (χ0v) is 8.17. The molecular formula is C12H15N. The van der Waals surface area contributed by atoms with Crippen molar-refractivity contribution in [2.24, 2.45) is 0 Å². The molecule has 0 saturated carbocycles. The smallest absolute Gasteiger partial charge is 0.0763 e. The lowest BCUT2D eigenvalue weighted by Crippen LogP contribution is -1.99.